The first-order valence-electron chi connectivity index (χ1n) is 20.2. The van der Waals surface area contributed by atoms with Crippen LogP contribution in [-0.2, 0) is 38.7 Å². The van der Waals surface area contributed by atoms with Crippen LogP contribution in [0.3, 0.4) is 0 Å². The number of esters is 2. The number of ether oxygens (including phenoxy) is 4. The Morgan fingerprint density at radius 1 is 0.635 bits per heavy atom. The smallest absolute Gasteiger partial charge is 0.306 e. The lowest BCUT2D eigenvalue weighted by Gasteiger charge is -2.40. The van der Waals surface area contributed by atoms with Gasteiger partial charge in [-0.1, -0.05) is 142 Å². The standard InChI is InChI=1S/C39H72O12S/c1-3-5-7-9-11-13-14-15-16-17-18-20-21-23-25-27-34(40)48-29-32(50-35(41)28-26-24-22-19-12-10-8-6-4-2)30-49-39-38(44)37(43)36(42)33(51-39)31-52(45,46)47/h21,23,32-33,36-39,42-44H,3-20,22,24-31H2,1-2H3,(H,45,46,47)/b23-21+/t32-,33-,36-,37?,38?,39+/m1/s1. The normalized spacial score (nSPS) is 21.4. The third kappa shape index (κ3) is 25.4. The second-order valence-corrected chi connectivity index (χ2v) is 15.8. The number of carbonyl (C=O) groups excluding carboxylic acids is 2. The van der Waals surface area contributed by atoms with E-state index in [4.69, 9.17) is 18.9 Å². The zero-order valence-electron chi connectivity index (χ0n) is 32.2. The SMILES string of the molecule is CCCCCCCCCCCCC/C=C/CCC(=O)OC[C@H](CO[C@H]1O[C@H](CS(=O)(=O)O)[C@@H](O)C(O)C1O)OC(=O)CCCCCCCCCCC. The number of carbonyl (C=O) groups is 2. The van der Waals surface area contributed by atoms with Gasteiger partial charge >= 0.3 is 11.9 Å². The number of aliphatic hydroxyl groups excluding tert-OH is 3. The molecule has 0 saturated carbocycles. The summed E-state index contributed by atoms with van der Waals surface area (Å²) >= 11 is 0. The van der Waals surface area contributed by atoms with Crippen molar-refractivity contribution in [2.45, 2.75) is 205 Å². The van der Waals surface area contributed by atoms with Gasteiger partial charge in [-0.05, 0) is 25.7 Å². The minimum Gasteiger partial charge on any atom is -0.462 e. The van der Waals surface area contributed by atoms with Crippen LogP contribution in [0.5, 0.6) is 0 Å². The lowest BCUT2D eigenvalue weighted by molar-refractivity contribution is -0.297. The zero-order valence-corrected chi connectivity index (χ0v) is 33.0. The zero-order chi connectivity index (χ0) is 38.5. The summed E-state index contributed by atoms with van der Waals surface area (Å²) in [5, 5.41) is 30.7. The average molecular weight is 765 g/mol. The topological polar surface area (TPSA) is 186 Å². The molecule has 6 atom stereocenters. The minimum atomic E-state index is -4.60. The highest BCUT2D eigenvalue weighted by molar-refractivity contribution is 7.85. The Labute approximate surface area is 314 Å². The molecule has 52 heavy (non-hydrogen) atoms. The molecule has 1 fully saturated rings. The Bertz CT molecular complexity index is 1040. The Kier molecular flexibility index (Phi) is 28.6. The maximum absolute atomic E-state index is 12.7. The van der Waals surface area contributed by atoms with E-state index in [9.17, 15) is 37.9 Å². The van der Waals surface area contributed by atoms with E-state index in [1.54, 1.807) is 0 Å². The summed E-state index contributed by atoms with van der Waals surface area (Å²) in [6.45, 7) is 3.68. The van der Waals surface area contributed by atoms with Crippen LogP contribution in [0, 0.1) is 0 Å². The van der Waals surface area contributed by atoms with Gasteiger partial charge in [-0.2, -0.15) is 8.42 Å². The Hall–Kier alpha value is -1.61. The third-order valence-corrected chi connectivity index (χ3v) is 10.1. The van der Waals surface area contributed by atoms with Crippen molar-refractivity contribution in [3.63, 3.8) is 0 Å². The molecule has 306 valence electrons. The van der Waals surface area contributed by atoms with Crippen LogP contribution >= 0.6 is 0 Å². The molecule has 0 aliphatic carbocycles. The minimum absolute atomic E-state index is 0.139. The molecular formula is C39H72O12S. The van der Waals surface area contributed by atoms with Gasteiger partial charge in [0.1, 0.15) is 36.8 Å². The van der Waals surface area contributed by atoms with Crippen molar-refractivity contribution in [1.82, 2.24) is 0 Å². The van der Waals surface area contributed by atoms with Crippen molar-refractivity contribution in [2.24, 2.45) is 0 Å². The summed E-state index contributed by atoms with van der Waals surface area (Å²) in [6, 6.07) is 0. The maximum atomic E-state index is 12.7. The van der Waals surface area contributed by atoms with Crippen molar-refractivity contribution in [1.29, 1.82) is 0 Å². The van der Waals surface area contributed by atoms with E-state index in [1.165, 1.54) is 96.3 Å². The van der Waals surface area contributed by atoms with Crippen molar-refractivity contribution in [3.8, 4) is 0 Å². The van der Waals surface area contributed by atoms with Crippen LogP contribution in [0.1, 0.15) is 168 Å². The average Bonchev–Trinajstić information content (AvgIpc) is 3.10. The van der Waals surface area contributed by atoms with E-state index in [2.05, 4.69) is 19.9 Å². The second-order valence-electron chi connectivity index (χ2n) is 14.3. The second kappa shape index (κ2) is 30.7. The van der Waals surface area contributed by atoms with E-state index in [-0.39, 0.29) is 19.4 Å². The maximum Gasteiger partial charge on any atom is 0.306 e. The highest BCUT2D eigenvalue weighted by Gasteiger charge is 2.46. The molecule has 1 aliphatic heterocycles. The monoisotopic (exact) mass is 764 g/mol. The molecule has 13 heteroatoms. The van der Waals surface area contributed by atoms with Crippen molar-refractivity contribution >= 4 is 22.1 Å². The van der Waals surface area contributed by atoms with Crippen molar-refractivity contribution < 1.29 is 56.8 Å². The van der Waals surface area contributed by atoms with Gasteiger partial charge in [0, 0.05) is 12.8 Å². The molecular weight excluding hydrogens is 692 g/mol. The van der Waals surface area contributed by atoms with Crippen LogP contribution in [-0.4, -0.2) is 96.0 Å². The van der Waals surface area contributed by atoms with Gasteiger partial charge in [0.05, 0.1) is 6.61 Å². The van der Waals surface area contributed by atoms with Gasteiger partial charge in [0.2, 0.25) is 0 Å². The molecule has 0 radical (unpaired) electrons. The number of hydrogen-bond donors (Lipinski definition) is 4. The van der Waals surface area contributed by atoms with E-state index in [0.29, 0.717) is 12.8 Å². The molecule has 0 bridgehead atoms. The summed E-state index contributed by atoms with van der Waals surface area (Å²) in [7, 11) is -4.60. The lowest BCUT2D eigenvalue weighted by Crippen LogP contribution is -2.60. The number of rotatable bonds is 33. The number of aliphatic hydroxyl groups is 3. The van der Waals surface area contributed by atoms with E-state index in [1.807, 2.05) is 6.08 Å². The molecule has 0 aromatic heterocycles. The molecule has 0 amide bonds. The number of unbranched alkanes of at least 4 members (excludes halogenated alkanes) is 19. The molecule has 1 rings (SSSR count). The van der Waals surface area contributed by atoms with Crippen LogP contribution < -0.4 is 0 Å². The molecule has 4 N–H and O–H groups in total. The Morgan fingerprint density at radius 3 is 1.67 bits per heavy atom. The first-order chi connectivity index (χ1) is 25.0. The largest absolute Gasteiger partial charge is 0.462 e. The van der Waals surface area contributed by atoms with Crippen LogP contribution in [0.4, 0.5) is 0 Å². The lowest BCUT2D eigenvalue weighted by atomic mass is 10.00. The molecule has 1 heterocycles. The molecule has 1 saturated heterocycles. The summed E-state index contributed by atoms with van der Waals surface area (Å²) in [5.41, 5.74) is 0. The van der Waals surface area contributed by atoms with Gasteiger partial charge in [-0.25, -0.2) is 0 Å². The predicted molar refractivity (Wildman–Crippen MR) is 201 cm³/mol. The fourth-order valence-corrected chi connectivity index (χ4v) is 6.85. The molecule has 1 aliphatic rings. The first kappa shape index (κ1) is 48.4. The summed E-state index contributed by atoms with van der Waals surface area (Å²) in [4.78, 5) is 25.2. The molecule has 2 unspecified atom stereocenters. The summed E-state index contributed by atoms with van der Waals surface area (Å²) < 4.78 is 53.7. The molecule has 0 spiro atoms. The quantitative estimate of drug-likeness (QED) is 0.0230. The van der Waals surface area contributed by atoms with Gasteiger partial charge < -0.3 is 34.3 Å². The molecule has 0 aromatic carbocycles. The first-order valence-corrected chi connectivity index (χ1v) is 21.9. The summed E-state index contributed by atoms with van der Waals surface area (Å²) in [6.07, 6.45) is 20.1. The fraction of sp³-hybridized carbons (Fsp3) is 0.897. The van der Waals surface area contributed by atoms with Gasteiger partial charge in [0.15, 0.2) is 12.4 Å². The number of hydrogen-bond acceptors (Lipinski definition) is 11. The molecule has 0 aromatic rings. The predicted octanol–water partition coefficient (Wildman–Crippen LogP) is 7.11. The van der Waals surface area contributed by atoms with E-state index >= 15 is 0 Å². The van der Waals surface area contributed by atoms with Crippen LogP contribution in [0.25, 0.3) is 0 Å². The fourth-order valence-electron chi connectivity index (χ4n) is 6.16. The Balaban J connectivity index is 2.50. The molecule has 12 nitrogen and oxygen atoms in total. The summed E-state index contributed by atoms with van der Waals surface area (Å²) in [5.74, 6) is -2.04. The Morgan fingerprint density at radius 2 is 1.13 bits per heavy atom. The highest BCUT2D eigenvalue weighted by atomic mass is 32.2. The van der Waals surface area contributed by atoms with Gasteiger partial charge in [-0.15, -0.1) is 0 Å². The van der Waals surface area contributed by atoms with E-state index in [0.717, 1.165) is 32.1 Å². The number of allylic oxidation sites excluding steroid dienone is 2. The van der Waals surface area contributed by atoms with E-state index < -0.39 is 71.2 Å². The third-order valence-electron chi connectivity index (χ3n) is 9.36. The van der Waals surface area contributed by atoms with Crippen LogP contribution in [0.2, 0.25) is 0 Å². The van der Waals surface area contributed by atoms with Crippen LogP contribution in [0.15, 0.2) is 12.2 Å². The van der Waals surface area contributed by atoms with Crippen molar-refractivity contribution in [3.05, 3.63) is 12.2 Å². The van der Waals surface area contributed by atoms with Crippen molar-refractivity contribution in [2.75, 3.05) is 19.0 Å². The highest BCUT2D eigenvalue weighted by Crippen LogP contribution is 2.24. The van der Waals surface area contributed by atoms with Gasteiger partial charge in [-0.3, -0.25) is 14.1 Å². The van der Waals surface area contributed by atoms with Gasteiger partial charge in [0.25, 0.3) is 10.1 Å².